The van der Waals surface area contributed by atoms with Crippen LogP contribution in [0.4, 0.5) is 0 Å². The summed E-state index contributed by atoms with van der Waals surface area (Å²) in [7, 11) is 0. The summed E-state index contributed by atoms with van der Waals surface area (Å²) in [5, 5.41) is 10.2. The molecule has 0 aliphatic carbocycles. The van der Waals surface area contributed by atoms with Crippen molar-refractivity contribution in [3.05, 3.63) is 41.0 Å². The van der Waals surface area contributed by atoms with Crippen LogP contribution in [-0.4, -0.2) is 4.98 Å². The van der Waals surface area contributed by atoms with Crippen LogP contribution in [0, 0.1) is 11.3 Å². The van der Waals surface area contributed by atoms with E-state index in [-0.39, 0.29) is 0 Å². The summed E-state index contributed by atoms with van der Waals surface area (Å²) >= 11 is 6.03. The van der Waals surface area contributed by atoms with Gasteiger partial charge in [-0.25, -0.2) is 0 Å². The van der Waals surface area contributed by atoms with Crippen LogP contribution in [0.1, 0.15) is 5.56 Å². The van der Waals surface area contributed by atoms with Gasteiger partial charge in [0.2, 0.25) is 0 Å². The zero-order valence-corrected chi connectivity index (χ0v) is 8.12. The van der Waals surface area contributed by atoms with Crippen LogP contribution in [0.2, 0.25) is 5.02 Å². The summed E-state index contributed by atoms with van der Waals surface area (Å²) in [6, 6.07) is 9.63. The smallest absolute Gasteiger partial charge is 0.0888 e. The molecule has 0 aliphatic rings. The first kappa shape index (κ1) is 8.98. The van der Waals surface area contributed by atoms with Crippen molar-refractivity contribution in [1.82, 2.24) is 4.98 Å². The molecular formula is C11H7ClN2. The van der Waals surface area contributed by atoms with Crippen LogP contribution in [-0.2, 0) is 6.42 Å². The number of benzene rings is 1. The molecule has 0 atom stereocenters. The average Bonchev–Trinajstić information content (AvgIpc) is 2.18. The third-order valence-electron chi connectivity index (χ3n) is 2.00. The first-order valence-electron chi connectivity index (χ1n) is 4.21. The molecule has 1 aromatic heterocycles. The first-order valence-corrected chi connectivity index (χ1v) is 4.59. The van der Waals surface area contributed by atoms with Crippen molar-refractivity contribution in [2.24, 2.45) is 0 Å². The largest absolute Gasteiger partial charge is 0.255 e. The quantitative estimate of drug-likeness (QED) is 0.713. The number of fused-ring (bicyclic) bond motifs is 1. The lowest BCUT2D eigenvalue weighted by molar-refractivity contribution is 1.27. The van der Waals surface area contributed by atoms with E-state index in [0.29, 0.717) is 11.4 Å². The molecule has 0 fully saturated rings. The van der Waals surface area contributed by atoms with E-state index in [4.69, 9.17) is 16.9 Å². The van der Waals surface area contributed by atoms with Crippen molar-refractivity contribution in [2.75, 3.05) is 0 Å². The molecule has 0 unspecified atom stereocenters. The second kappa shape index (κ2) is 3.65. The van der Waals surface area contributed by atoms with Crippen LogP contribution in [0.25, 0.3) is 10.9 Å². The van der Waals surface area contributed by atoms with Gasteiger partial charge < -0.3 is 0 Å². The van der Waals surface area contributed by atoms with Crippen molar-refractivity contribution >= 4 is 22.5 Å². The van der Waals surface area contributed by atoms with Gasteiger partial charge in [-0.3, -0.25) is 4.98 Å². The van der Waals surface area contributed by atoms with Gasteiger partial charge in [-0.2, -0.15) is 5.26 Å². The Morgan fingerprint density at radius 3 is 3.07 bits per heavy atom. The Morgan fingerprint density at radius 1 is 1.43 bits per heavy atom. The minimum atomic E-state index is 0.380. The maximum Gasteiger partial charge on any atom is 0.0888 e. The third-order valence-corrected chi connectivity index (χ3v) is 2.29. The minimum absolute atomic E-state index is 0.380. The maximum atomic E-state index is 8.57. The normalized spacial score (nSPS) is 10.0. The monoisotopic (exact) mass is 202 g/mol. The molecule has 0 bridgehead atoms. The second-order valence-electron chi connectivity index (χ2n) is 2.99. The lowest BCUT2D eigenvalue weighted by Crippen LogP contribution is -1.85. The van der Waals surface area contributed by atoms with Crippen LogP contribution in [0.15, 0.2) is 30.5 Å². The van der Waals surface area contributed by atoms with E-state index in [1.165, 1.54) is 0 Å². The molecule has 3 heteroatoms. The lowest BCUT2D eigenvalue weighted by atomic mass is 10.1. The first-order chi connectivity index (χ1) is 6.81. The van der Waals surface area contributed by atoms with Gasteiger partial charge in [0, 0.05) is 11.6 Å². The third kappa shape index (κ3) is 1.55. The number of nitriles is 1. The van der Waals surface area contributed by atoms with Crippen molar-refractivity contribution < 1.29 is 0 Å². The Morgan fingerprint density at radius 2 is 2.29 bits per heavy atom. The molecule has 68 valence electrons. The van der Waals surface area contributed by atoms with E-state index in [2.05, 4.69) is 11.1 Å². The van der Waals surface area contributed by atoms with Gasteiger partial charge in [-0.05, 0) is 23.8 Å². The molecule has 1 aromatic carbocycles. The molecule has 2 aromatic rings. The Hall–Kier alpha value is -1.59. The second-order valence-corrected chi connectivity index (χ2v) is 3.39. The van der Waals surface area contributed by atoms with E-state index in [9.17, 15) is 0 Å². The van der Waals surface area contributed by atoms with E-state index in [1.54, 1.807) is 12.3 Å². The number of nitrogens with zero attached hydrogens (tertiary/aromatic N) is 2. The molecular weight excluding hydrogens is 196 g/mol. The van der Waals surface area contributed by atoms with Crippen LogP contribution >= 0.6 is 11.6 Å². The summed E-state index contributed by atoms with van der Waals surface area (Å²) in [5.41, 5.74) is 1.72. The van der Waals surface area contributed by atoms with Crippen molar-refractivity contribution in [1.29, 1.82) is 5.26 Å². The van der Waals surface area contributed by atoms with Gasteiger partial charge in [0.25, 0.3) is 0 Å². The zero-order valence-electron chi connectivity index (χ0n) is 7.37. The molecule has 2 nitrogen and oxygen atoms in total. The molecule has 0 N–H and O–H groups in total. The molecule has 0 aliphatic heterocycles. The summed E-state index contributed by atoms with van der Waals surface area (Å²) in [4.78, 5) is 4.17. The summed E-state index contributed by atoms with van der Waals surface area (Å²) in [5.74, 6) is 0. The fourth-order valence-electron chi connectivity index (χ4n) is 1.40. The predicted molar refractivity (Wildman–Crippen MR) is 56.1 cm³/mol. The number of hydrogen-bond acceptors (Lipinski definition) is 2. The highest BCUT2D eigenvalue weighted by Gasteiger charge is 2.02. The van der Waals surface area contributed by atoms with E-state index < -0.39 is 0 Å². The Kier molecular flexibility index (Phi) is 2.34. The van der Waals surface area contributed by atoms with Gasteiger partial charge >= 0.3 is 0 Å². The number of rotatable bonds is 1. The van der Waals surface area contributed by atoms with Gasteiger partial charge in [-0.1, -0.05) is 17.7 Å². The van der Waals surface area contributed by atoms with E-state index in [1.807, 2.05) is 18.2 Å². The zero-order chi connectivity index (χ0) is 9.97. The highest BCUT2D eigenvalue weighted by atomic mass is 35.5. The van der Waals surface area contributed by atoms with Crippen LogP contribution < -0.4 is 0 Å². The highest BCUT2D eigenvalue weighted by Crippen LogP contribution is 2.23. The Balaban J connectivity index is 2.67. The van der Waals surface area contributed by atoms with Crippen LogP contribution in [0.5, 0.6) is 0 Å². The SMILES string of the molecule is N#CCc1cc(Cl)c2ncccc2c1. The predicted octanol–water partition coefficient (Wildman–Crippen LogP) is 2.95. The number of aromatic nitrogens is 1. The molecule has 0 saturated carbocycles. The number of pyridine rings is 1. The number of halogens is 1. The molecule has 0 radical (unpaired) electrons. The summed E-state index contributed by atoms with van der Waals surface area (Å²) in [6.07, 6.45) is 2.09. The highest BCUT2D eigenvalue weighted by molar-refractivity contribution is 6.35. The van der Waals surface area contributed by atoms with Gasteiger partial charge in [0.15, 0.2) is 0 Å². The Bertz CT molecular complexity index is 514. The molecule has 0 saturated heterocycles. The van der Waals surface area contributed by atoms with Crippen molar-refractivity contribution in [3.63, 3.8) is 0 Å². The van der Waals surface area contributed by atoms with Gasteiger partial charge in [0.1, 0.15) is 0 Å². The molecule has 0 spiro atoms. The molecule has 2 rings (SSSR count). The van der Waals surface area contributed by atoms with Crippen molar-refractivity contribution in [3.8, 4) is 6.07 Å². The number of hydrogen-bond donors (Lipinski definition) is 0. The van der Waals surface area contributed by atoms with E-state index in [0.717, 1.165) is 16.5 Å². The fourth-order valence-corrected chi connectivity index (χ4v) is 1.70. The molecule has 1 heterocycles. The average molecular weight is 203 g/mol. The minimum Gasteiger partial charge on any atom is -0.255 e. The topological polar surface area (TPSA) is 36.7 Å². The Labute approximate surface area is 86.8 Å². The van der Waals surface area contributed by atoms with Crippen LogP contribution in [0.3, 0.4) is 0 Å². The molecule has 14 heavy (non-hydrogen) atoms. The maximum absolute atomic E-state index is 8.57. The summed E-state index contributed by atoms with van der Waals surface area (Å²) in [6.45, 7) is 0. The van der Waals surface area contributed by atoms with Gasteiger partial charge in [0.05, 0.1) is 23.0 Å². The lowest BCUT2D eigenvalue weighted by Gasteiger charge is -2.01. The fraction of sp³-hybridized carbons (Fsp3) is 0.0909. The van der Waals surface area contributed by atoms with Crippen molar-refractivity contribution in [2.45, 2.75) is 6.42 Å². The van der Waals surface area contributed by atoms with Gasteiger partial charge in [-0.15, -0.1) is 0 Å². The van der Waals surface area contributed by atoms with E-state index >= 15 is 0 Å². The standard InChI is InChI=1S/C11H7ClN2/c12-10-7-8(3-4-13)6-9-2-1-5-14-11(9)10/h1-2,5-7H,3H2. The summed E-state index contributed by atoms with van der Waals surface area (Å²) < 4.78 is 0. The molecule has 0 amide bonds.